The number of carbonyl (C=O) groups excluding carboxylic acids is 1. The Morgan fingerprint density at radius 3 is 2.44 bits per heavy atom. The molecule has 3 heterocycles. The molecule has 2 unspecified atom stereocenters. The van der Waals surface area contributed by atoms with Gasteiger partial charge in [0.1, 0.15) is 5.75 Å². The van der Waals surface area contributed by atoms with Crippen molar-refractivity contribution in [3.8, 4) is 5.75 Å². The highest BCUT2D eigenvalue weighted by molar-refractivity contribution is 7.08. The third-order valence-electron chi connectivity index (χ3n) is 5.95. The van der Waals surface area contributed by atoms with Crippen molar-refractivity contribution in [1.82, 2.24) is 5.01 Å². The number of methoxy groups -OCH3 is 1. The first kappa shape index (κ1) is 20.5. The number of hydrogen-bond donors (Lipinski definition) is 0. The van der Waals surface area contributed by atoms with Crippen LogP contribution in [0.4, 0.5) is 5.69 Å². The maximum Gasteiger partial charge on any atom is 0.239 e. The number of carbonyl (C=O) groups is 1. The summed E-state index contributed by atoms with van der Waals surface area (Å²) in [5.74, 6) is 0.689. The molecule has 0 radical (unpaired) electrons. The summed E-state index contributed by atoms with van der Waals surface area (Å²) in [4.78, 5) is 12.6. The molecule has 0 fully saturated rings. The zero-order valence-corrected chi connectivity index (χ0v) is 18.8. The largest absolute Gasteiger partial charge is 0.496 e. The van der Waals surface area contributed by atoms with Crippen molar-refractivity contribution in [2.45, 2.75) is 31.8 Å². The lowest BCUT2D eigenvalue weighted by atomic mass is 9.94. The molecule has 2 atom stereocenters. The van der Waals surface area contributed by atoms with Gasteiger partial charge >= 0.3 is 0 Å². The van der Waals surface area contributed by atoms with E-state index in [9.17, 15) is 4.79 Å². The molecule has 2 aliphatic heterocycles. The van der Waals surface area contributed by atoms with E-state index in [0.717, 1.165) is 40.4 Å². The van der Waals surface area contributed by atoms with Gasteiger partial charge in [-0.1, -0.05) is 30.3 Å². The summed E-state index contributed by atoms with van der Waals surface area (Å²) >= 11 is 1.66. The van der Waals surface area contributed by atoms with E-state index in [0.29, 0.717) is 6.42 Å². The van der Waals surface area contributed by atoms with Crippen LogP contribution in [-0.4, -0.2) is 41.5 Å². The second-order valence-electron chi connectivity index (χ2n) is 7.89. The molecule has 0 bridgehead atoms. The molecule has 0 N–H and O–H groups in total. The molecule has 2 aromatic carbocycles. The number of nitrogens with zero attached hydrogens (tertiary/aromatic N) is 4. The van der Waals surface area contributed by atoms with Crippen LogP contribution in [0.2, 0.25) is 0 Å². The first-order valence-electron chi connectivity index (χ1n) is 10.6. The molecule has 0 spiro atoms. The number of anilines is 1. The smallest absolute Gasteiger partial charge is 0.239 e. The zero-order chi connectivity index (χ0) is 22.1. The Morgan fingerprint density at radius 1 is 0.969 bits per heavy atom. The van der Waals surface area contributed by atoms with Gasteiger partial charge in [-0.05, 0) is 41.1 Å². The van der Waals surface area contributed by atoms with Gasteiger partial charge in [-0.15, -0.1) is 0 Å². The molecule has 5 rings (SSSR count). The topological polar surface area (TPSA) is 57.5 Å². The average Bonchev–Trinajstić information content (AvgIpc) is 3.58. The Morgan fingerprint density at radius 2 is 1.72 bits per heavy atom. The van der Waals surface area contributed by atoms with Crippen molar-refractivity contribution in [3.63, 3.8) is 0 Å². The third kappa shape index (κ3) is 3.69. The standard InChI is InChI=1S/C25H24N4O2S/c1-17(30)28-23(15-22(27-28)20-10-6-7-11-25(20)31-2)24-14-21(18-12-13-32-16-18)26-29(24)19-8-4-3-5-9-19/h3-13,16,23-24H,14-15H2,1-2H3. The molecule has 1 aromatic heterocycles. The van der Waals surface area contributed by atoms with Crippen molar-refractivity contribution < 1.29 is 9.53 Å². The van der Waals surface area contributed by atoms with Crippen LogP contribution in [0.3, 0.4) is 0 Å². The van der Waals surface area contributed by atoms with Crippen LogP contribution >= 0.6 is 11.3 Å². The van der Waals surface area contributed by atoms with Crippen molar-refractivity contribution in [3.05, 3.63) is 82.6 Å². The maximum atomic E-state index is 12.6. The first-order chi connectivity index (χ1) is 15.7. The van der Waals surface area contributed by atoms with E-state index < -0.39 is 0 Å². The lowest BCUT2D eigenvalue weighted by Crippen LogP contribution is -2.46. The van der Waals surface area contributed by atoms with Gasteiger partial charge in [0, 0.05) is 30.9 Å². The molecule has 162 valence electrons. The van der Waals surface area contributed by atoms with Gasteiger partial charge in [0.05, 0.1) is 36.3 Å². The molecule has 6 nitrogen and oxygen atoms in total. The van der Waals surface area contributed by atoms with Gasteiger partial charge in [0.25, 0.3) is 0 Å². The minimum absolute atomic E-state index is 0.0212. The predicted octanol–water partition coefficient (Wildman–Crippen LogP) is 4.76. The number of thiophene rings is 1. The zero-order valence-electron chi connectivity index (χ0n) is 18.0. The van der Waals surface area contributed by atoms with Gasteiger partial charge in [-0.25, -0.2) is 5.01 Å². The van der Waals surface area contributed by atoms with Crippen molar-refractivity contribution in [2.24, 2.45) is 10.2 Å². The number of rotatable bonds is 5. The van der Waals surface area contributed by atoms with Gasteiger partial charge in [0.15, 0.2) is 0 Å². The molecule has 0 saturated carbocycles. The predicted molar refractivity (Wildman–Crippen MR) is 129 cm³/mol. The number of hydrazone groups is 2. The van der Waals surface area contributed by atoms with E-state index >= 15 is 0 Å². The summed E-state index contributed by atoms with van der Waals surface area (Å²) in [6, 6.07) is 19.9. The SMILES string of the molecule is COc1ccccc1C1=NN(C(C)=O)C(C2CC(c3ccsc3)=NN2c2ccccc2)C1. The third-order valence-corrected chi connectivity index (χ3v) is 6.63. The minimum atomic E-state index is -0.132. The Hall–Kier alpha value is -3.45. The van der Waals surface area contributed by atoms with Crippen LogP contribution in [0.25, 0.3) is 0 Å². The van der Waals surface area contributed by atoms with E-state index in [1.807, 2.05) is 42.5 Å². The van der Waals surface area contributed by atoms with Gasteiger partial charge in [-0.2, -0.15) is 21.5 Å². The fraction of sp³-hybridized carbons (Fsp3) is 0.240. The maximum absolute atomic E-state index is 12.6. The van der Waals surface area contributed by atoms with Crippen LogP contribution in [0.15, 0.2) is 81.6 Å². The molecule has 3 aromatic rings. The molecule has 1 amide bonds. The Bertz CT molecular complexity index is 1170. The number of ether oxygens (including phenoxy) is 1. The average molecular weight is 445 g/mol. The van der Waals surface area contributed by atoms with E-state index in [1.165, 1.54) is 0 Å². The molecule has 32 heavy (non-hydrogen) atoms. The van der Waals surface area contributed by atoms with Crippen molar-refractivity contribution in [1.29, 1.82) is 0 Å². The number of hydrogen-bond acceptors (Lipinski definition) is 6. The number of para-hydroxylation sites is 2. The molecule has 0 aliphatic carbocycles. The van der Waals surface area contributed by atoms with Gasteiger partial charge in [0.2, 0.25) is 5.91 Å². The summed E-state index contributed by atoms with van der Waals surface area (Å²) < 4.78 is 5.55. The minimum Gasteiger partial charge on any atom is -0.496 e. The lowest BCUT2D eigenvalue weighted by molar-refractivity contribution is -0.130. The first-order valence-corrected chi connectivity index (χ1v) is 11.5. The molecule has 0 saturated heterocycles. The van der Waals surface area contributed by atoms with E-state index in [4.69, 9.17) is 14.9 Å². The highest BCUT2D eigenvalue weighted by atomic mass is 32.1. The highest BCUT2D eigenvalue weighted by Gasteiger charge is 2.43. The second kappa shape index (κ2) is 8.59. The number of amides is 1. The second-order valence-corrected chi connectivity index (χ2v) is 8.67. The Balaban J connectivity index is 1.51. The summed E-state index contributed by atoms with van der Waals surface area (Å²) in [5, 5.41) is 17.6. The summed E-state index contributed by atoms with van der Waals surface area (Å²) in [6.45, 7) is 1.57. The van der Waals surface area contributed by atoms with Gasteiger partial charge < -0.3 is 4.74 Å². The van der Waals surface area contributed by atoms with E-state index in [-0.39, 0.29) is 18.0 Å². The molecule has 2 aliphatic rings. The molecular weight excluding hydrogens is 420 g/mol. The highest BCUT2D eigenvalue weighted by Crippen LogP contribution is 2.36. The molecule has 7 heteroatoms. The fourth-order valence-electron chi connectivity index (χ4n) is 4.44. The monoisotopic (exact) mass is 444 g/mol. The summed E-state index contributed by atoms with van der Waals surface area (Å²) in [5.41, 5.74) is 4.97. The Kier molecular flexibility index (Phi) is 5.49. The number of benzene rings is 2. The molecular formula is C25H24N4O2S. The Labute approximate surface area is 191 Å². The van der Waals surface area contributed by atoms with Crippen molar-refractivity contribution >= 4 is 34.4 Å². The van der Waals surface area contributed by atoms with E-state index in [1.54, 1.807) is 30.4 Å². The van der Waals surface area contributed by atoms with Crippen LogP contribution in [0.5, 0.6) is 5.75 Å². The van der Waals surface area contributed by atoms with E-state index in [2.05, 4.69) is 34.0 Å². The van der Waals surface area contributed by atoms with Crippen molar-refractivity contribution in [2.75, 3.05) is 12.1 Å². The fourth-order valence-corrected chi connectivity index (χ4v) is 5.11. The lowest BCUT2D eigenvalue weighted by Gasteiger charge is -2.32. The van der Waals surface area contributed by atoms with Crippen LogP contribution in [0.1, 0.15) is 30.9 Å². The summed E-state index contributed by atoms with van der Waals surface area (Å²) in [7, 11) is 1.66. The summed E-state index contributed by atoms with van der Waals surface area (Å²) in [6.07, 6.45) is 1.38. The van der Waals surface area contributed by atoms with Crippen LogP contribution < -0.4 is 9.75 Å². The van der Waals surface area contributed by atoms with Gasteiger partial charge in [-0.3, -0.25) is 9.80 Å². The normalized spacial score (nSPS) is 20.3. The van der Waals surface area contributed by atoms with Crippen LogP contribution in [-0.2, 0) is 4.79 Å². The van der Waals surface area contributed by atoms with Crippen LogP contribution in [0, 0.1) is 0 Å². The quantitative estimate of drug-likeness (QED) is 0.570.